The highest BCUT2D eigenvalue weighted by Gasteiger charge is 2.21. The van der Waals surface area contributed by atoms with Crippen molar-refractivity contribution in [3.8, 4) is 0 Å². The number of hydrogen-bond acceptors (Lipinski definition) is 4. The monoisotopic (exact) mass is 316 g/mol. The first kappa shape index (κ1) is 14.7. The van der Waals surface area contributed by atoms with Gasteiger partial charge in [0.1, 0.15) is 0 Å². The minimum absolute atomic E-state index is 0.216. The van der Waals surface area contributed by atoms with E-state index in [1.54, 1.807) is 10.9 Å². The van der Waals surface area contributed by atoms with E-state index >= 15 is 0 Å². The summed E-state index contributed by atoms with van der Waals surface area (Å²) in [6.07, 6.45) is 2.94. The molecule has 0 radical (unpaired) electrons. The highest BCUT2D eigenvalue weighted by atomic mass is 79.9. The van der Waals surface area contributed by atoms with Crippen LogP contribution in [0.4, 0.5) is 4.79 Å². The lowest BCUT2D eigenvalue weighted by molar-refractivity contribution is 0.151. The van der Waals surface area contributed by atoms with Gasteiger partial charge in [0.05, 0.1) is 22.9 Å². The number of nitrogens with one attached hydrogen (secondary N) is 1. The van der Waals surface area contributed by atoms with Crippen LogP contribution >= 0.6 is 15.9 Å². The third kappa shape index (κ3) is 4.48. The summed E-state index contributed by atoms with van der Waals surface area (Å²) in [5.74, 6) is 0. The zero-order valence-electron chi connectivity index (χ0n) is 10.9. The molecule has 0 saturated carbocycles. The summed E-state index contributed by atoms with van der Waals surface area (Å²) in [5, 5.41) is 10.4. The highest BCUT2D eigenvalue weighted by Crippen LogP contribution is 2.18. The van der Waals surface area contributed by atoms with Crippen molar-refractivity contribution in [3.63, 3.8) is 0 Å². The molecule has 1 aromatic heterocycles. The third-order valence-corrected chi connectivity index (χ3v) is 2.63. The van der Waals surface area contributed by atoms with Gasteiger partial charge < -0.3 is 5.32 Å². The van der Waals surface area contributed by atoms with Gasteiger partial charge in [0, 0.05) is 18.7 Å². The zero-order valence-corrected chi connectivity index (χ0v) is 12.5. The molecule has 6 nitrogen and oxygen atoms in total. The molecule has 1 aromatic rings. The van der Waals surface area contributed by atoms with Crippen molar-refractivity contribution in [1.82, 2.24) is 15.1 Å². The zero-order chi connectivity index (χ0) is 13.8. The summed E-state index contributed by atoms with van der Waals surface area (Å²) < 4.78 is 2.62. The van der Waals surface area contributed by atoms with Gasteiger partial charge in [-0.05, 0) is 15.9 Å². The molecule has 0 fully saturated rings. The van der Waals surface area contributed by atoms with E-state index in [4.69, 9.17) is 4.84 Å². The van der Waals surface area contributed by atoms with Gasteiger partial charge in [-0.1, -0.05) is 25.9 Å². The van der Waals surface area contributed by atoms with E-state index in [1.807, 2.05) is 27.0 Å². The van der Waals surface area contributed by atoms with Gasteiger partial charge >= 0.3 is 6.09 Å². The largest absolute Gasteiger partial charge is 0.433 e. The normalized spacial score (nSPS) is 12.4. The fourth-order valence-corrected chi connectivity index (χ4v) is 1.45. The molecule has 1 N–H and O–H groups in total. The Labute approximate surface area is 115 Å². The van der Waals surface area contributed by atoms with Crippen molar-refractivity contribution >= 4 is 27.7 Å². The number of rotatable bonds is 3. The van der Waals surface area contributed by atoms with Gasteiger partial charge in [0.25, 0.3) is 0 Å². The van der Waals surface area contributed by atoms with Crippen molar-refractivity contribution in [2.24, 2.45) is 10.6 Å². The Balaban J connectivity index is 2.82. The van der Waals surface area contributed by atoms with Gasteiger partial charge in [-0.15, -0.1) is 0 Å². The molecule has 7 heteroatoms. The van der Waals surface area contributed by atoms with Crippen LogP contribution in [0.15, 0.2) is 22.0 Å². The number of halogens is 1. The van der Waals surface area contributed by atoms with Crippen LogP contribution in [0.5, 0.6) is 0 Å². The standard InChI is InChI=1S/C11H17BrN4O2/c1-11(2,3)9(15-18-10(17)13-4)7-16-6-8(12)5-14-16/h5-6H,7H2,1-4H3,(H,13,17). The summed E-state index contributed by atoms with van der Waals surface area (Å²) in [7, 11) is 1.49. The van der Waals surface area contributed by atoms with Gasteiger partial charge in [-0.2, -0.15) is 5.10 Å². The maximum atomic E-state index is 11.0. The molecular weight excluding hydrogens is 300 g/mol. The maximum absolute atomic E-state index is 11.0. The summed E-state index contributed by atoms with van der Waals surface area (Å²) in [6.45, 7) is 6.46. The average molecular weight is 317 g/mol. The second-order valence-corrected chi connectivity index (χ2v) is 5.69. The molecule has 1 amide bonds. The van der Waals surface area contributed by atoms with Gasteiger partial charge in [-0.25, -0.2) is 4.79 Å². The smallest absolute Gasteiger partial charge is 0.323 e. The minimum Gasteiger partial charge on any atom is -0.323 e. The second-order valence-electron chi connectivity index (χ2n) is 4.77. The molecule has 0 saturated heterocycles. The maximum Gasteiger partial charge on any atom is 0.433 e. The van der Waals surface area contributed by atoms with E-state index in [2.05, 4.69) is 31.5 Å². The molecule has 0 unspecified atom stereocenters. The van der Waals surface area contributed by atoms with Crippen molar-refractivity contribution in [2.45, 2.75) is 27.3 Å². The van der Waals surface area contributed by atoms with E-state index in [0.29, 0.717) is 6.54 Å². The van der Waals surface area contributed by atoms with Crippen molar-refractivity contribution < 1.29 is 9.63 Å². The number of carbonyl (C=O) groups excluding carboxylic acids is 1. The van der Waals surface area contributed by atoms with E-state index in [0.717, 1.165) is 10.2 Å². The molecule has 1 rings (SSSR count). The van der Waals surface area contributed by atoms with E-state index in [1.165, 1.54) is 7.05 Å². The summed E-state index contributed by atoms with van der Waals surface area (Å²) in [6, 6.07) is 0. The number of nitrogens with zero attached hydrogens (tertiary/aromatic N) is 3. The Morgan fingerprint density at radius 3 is 2.72 bits per heavy atom. The van der Waals surface area contributed by atoms with Crippen LogP contribution in [0, 0.1) is 5.41 Å². The van der Waals surface area contributed by atoms with Crippen LogP contribution in [0.2, 0.25) is 0 Å². The average Bonchev–Trinajstić information content (AvgIpc) is 2.68. The molecule has 0 aliphatic carbocycles. The van der Waals surface area contributed by atoms with E-state index in [9.17, 15) is 4.79 Å². The number of carbonyl (C=O) groups is 1. The van der Waals surface area contributed by atoms with Gasteiger partial charge in [0.15, 0.2) is 0 Å². The first-order valence-electron chi connectivity index (χ1n) is 5.47. The SMILES string of the molecule is CNC(=O)ON=C(Cn1cc(Br)cn1)C(C)(C)C. The first-order valence-corrected chi connectivity index (χ1v) is 6.26. The number of amides is 1. The fourth-order valence-electron chi connectivity index (χ4n) is 1.12. The Morgan fingerprint density at radius 1 is 1.61 bits per heavy atom. The predicted molar refractivity (Wildman–Crippen MR) is 72.4 cm³/mol. The lowest BCUT2D eigenvalue weighted by atomic mass is 9.90. The molecule has 1 heterocycles. The van der Waals surface area contributed by atoms with Crippen LogP contribution in [-0.2, 0) is 11.4 Å². The Morgan fingerprint density at radius 2 is 2.28 bits per heavy atom. The Bertz CT molecular complexity index is 448. The molecule has 0 spiro atoms. The Kier molecular flexibility index (Phi) is 4.89. The van der Waals surface area contributed by atoms with Crippen LogP contribution in [0.25, 0.3) is 0 Å². The number of aromatic nitrogens is 2. The highest BCUT2D eigenvalue weighted by molar-refractivity contribution is 9.10. The summed E-state index contributed by atoms with van der Waals surface area (Å²) in [5.41, 5.74) is 0.508. The van der Waals surface area contributed by atoms with Crippen molar-refractivity contribution in [2.75, 3.05) is 7.05 Å². The predicted octanol–water partition coefficient (Wildman–Crippen LogP) is 2.40. The molecule has 0 aromatic carbocycles. The van der Waals surface area contributed by atoms with Crippen LogP contribution < -0.4 is 5.32 Å². The summed E-state index contributed by atoms with van der Waals surface area (Å²) >= 11 is 3.33. The molecular formula is C11H17BrN4O2. The lowest BCUT2D eigenvalue weighted by Gasteiger charge is -2.20. The molecule has 0 aliphatic rings. The fraction of sp³-hybridized carbons (Fsp3) is 0.545. The van der Waals surface area contributed by atoms with E-state index in [-0.39, 0.29) is 5.41 Å². The molecule has 18 heavy (non-hydrogen) atoms. The van der Waals surface area contributed by atoms with E-state index < -0.39 is 6.09 Å². The van der Waals surface area contributed by atoms with Crippen LogP contribution in [0.1, 0.15) is 20.8 Å². The lowest BCUT2D eigenvalue weighted by Crippen LogP contribution is -2.27. The molecule has 0 aliphatic heterocycles. The Hall–Kier alpha value is -1.37. The molecule has 100 valence electrons. The van der Waals surface area contributed by atoms with Crippen molar-refractivity contribution in [3.05, 3.63) is 16.9 Å². The van der Waals surface area contributed by atoms with Crippen LogP contribution in [-0.4, -0.2) is 28.6 Å². The molecule has 0 atom stereocenters. The minimum atomic E-state index is -0.585. The number of hydrogen-bond donors (Lipinski definition) is 1. The van der Waals surface area contributed by atoms with Crippen molar-refractivity contribution in [1.29, 1.82) is 0 Å². The third-order valence-electron chi connectivity index (χ3n) is 2.22. The number of oxime groups is 1. The second kappa shape index (κ2) is 5.99. The van der Waals surface area contributed by atoms with Gasteiger partial charge in [0.2, 0.25) is 0 Å². The van der Waals surface area contributed by atoms with Crippen LogP contribution in [0.3, 0.4) is 0 Å². The first-order chi connectivity index (χ1) is 8.32. The molecule has 0 bridgehead atoms. The quantitative estimate of drug-likeness (QED) is 0.529. The summed E-state index contributed by atoms with van der Waals surface area (Å²) in [4.78, 5) is 15.8. The topological polar surface area (TPSA) is 68.5 Å². The van der Waals surface area contributed by atoms with Gasteiger partial charge in [-0.3, -0.25) is 9.52 Å².